The van der Waals surface area contributed by atoms with Crippen LogP contribution in [0.5, 0.6) is 0 Å². The summed E-state index contributed by atoms with van der Waals surface area (Å²) in [4.78, 5) is 11.3. The van der Waals surface area contributed by atoms with Crippen LogP contribution in [0.25, 0.3) is 5.57 Å². The third-order valence-corrected chi connectivity index (χ3v) is 2.49. The number of hydrogen-bond acceptors (Lipinski definition) is 2. The fraction of sp³-hybridized carbons (Fsp3) is 0.188. The van der Waals surface area contributed by atoms with Crippen LogP contribution in [0.2, 0.25) is 0 Å². The summed E-state index contributed by atoms with van der Waals surface area (Å²) in [6, 6.07) is 7.35. The molecule has 18 heavy (non-hydrogen) atoms. The molecule has 2 heteroatoms. The normalized spacial score (nSPS) is 11.6. The molecule has 0 saturated carbocycles. The van der Waals surface area contributed by atoms with Gasteiger partial charge < -0.3 is 4.74 Å². The van der Waals surface area contributed by atoms with Crippen molar-refractivity contribution in [1.82, 2.24) is 0 Å². The molecule has 0 spiro atoms. The molecule has 0 aliphatic carbocycles. The minimum Gasteiger partial charge on any atom is -0.465 e. The second-order valence-electron chi connectivity index (χ2n) is 4.12. The Morgan fingerprint density at radius 3 is 2.22 bits per heavy atom. The topological polar surface area (TPSA) is 26.3 Å². The molecule has 2 nitrogen and oxygen atoms in total. The highest BCUT2D eigenvalue weighted by Crippen LogP contribution is 2.15. The van der Waals surface area contributed by atoms with E-state index in [0.29, 0.717) is 5.56 Å². The van der Waals surface area contributed by atoms with Gasteiger partial charge in [0.05, 0.1) is 12.7 Å². The van der Waals surface area contributed by atoms with E-state index in [2.05, 4.69) is 11.3 Å². The summed E-state index contributed by atoms with van der Waals surface area (Å²) in [7, 11) is 1.38. The van der Waals surface area contributed by atoms with E-state index < -0.39 is 0 Å². The van der Waals surface area contributed by atoms with Crippen LogP contribution in [0, 0.1) is 0 Å². The second-order valence-corrected chi connectivity index (χ2v) is 4.12. The Hall–Kier alpha value is -2.09. The monoisotopic (exact) mass is 242 g/mol. The molecule has 0 atom stereocenters. The molecular weight excluding hydrogens is 224 g/mol. The van der Waals surface area contributed by atoms with Crippen LogP contribution < -0.4 is 0 Å². The zero-order chi connectivity index (χ0) is 13.5. The summed E-state index contributed by atoms with van der Waals surface area (Å²) in [5, 5.41) is 0. The molecule has 1 aromatic rings. The van der Waals surface area contributed by atoms with Gasteiger partial charge in [0.1, 0.15) is 0 Å². The van der Waals surface area contributed by atoms with E-state index in [9.17, 15) is 4.79 Å². The minimum absolute atomic E-state index is 0.314. The SMILES string of the molecule is C=C(C)/C=C\C=C(/C)c1ccc(C(=O)OC)cc1. The highest BCUT2D eigenvalue weighted by Gasteiger charge is 2.04. The van der Waals surface area contributed by atoms with Crippen molar-refractivity contribution in [2.24, 2.45) is 0 Å². The smallest absolute Gasteiger partial charge is 0.337 e. The van der Waals surface area contributed by atoms with Crippen LogP contribution in [0.1, 0.15) is 29.8 Å². The third kappa shape index (κ3) is 4.06. The number of methoxy groups -OCH3 is 1. The summed E-state index contributed by atoms with van der Waals surface area (Å²) in [5.41, 5.74) is 3.78. The summed E-state index contributed by atoms with van der Waals surface area (Å²) >= 11 is 0. The molecule has 0 radical (unpaired) electrons. The zero-order valence-electron chi connectivity index (χ0n) is 11.1. The molecule has 1 aromatic carbocycles. The van der Waals surface area contributed by atoms with Crippen LogP contribution >= 0.6 is 0 Å². The van der Waals surface area contributed by atoms with Crippen LogP contribution in [0.15, 0.2) is 54.6 Å². The molecule has 0 aromatic heterocycles. The Morgan fingerprint density at radius 2 is 1.72 bits per heavy atom. The maximum atomic E-state index is 11.3. The Morgan fingerprint density at radius 1 is 1.17 bits per heavy atom. The number of ether oxygens (including phenoxy) is 1. The van der Waals surface area contributed by atoms with Crippen molar-refractivity contribution in [2.45, 2.75) is 13.8 Å². The molecule has 0 amide bonds. The van der Waals surface area contributed by atoms with E-state index in [1.54, 1.807) is 12.1 Å². The van der Waals surface area contributed by atoms with Gasteiger partial charge in [-0.05, 0) is 37.1 Å². The lowest BCUT2D eigenvalue weighted by Crippen LogP contribution is -2.00. The van der Waals surface area contributed by atoms with Crippen molar-refractivity contribution in [1.29, 1.82) is 0 Å². The van der Waals surface area contributed by atoms with E-state index in [4.69, 9.17) is 0 Å². The van der Waals surface area contributed by atoms with Gasteiger partial charge in [-0.1, -0.05) is 42.5 Å². The van der Waals surface area contributed by atoms with Gasteiger partial charge in [0, 0.05) is 0 Å². The van der Waals surface area contributed by atoms with Gasteiger partial charge in [-0.25, -0.2) is 4.79 Å². The van der Waals surface area contributed by atoms with E-state index in [-0.39, 0.29) is 5.97 Å². The Bertz CT molecular complexity index is 490. The lowest BCUT2D eigenvalue weighted by atomic mass is 10.0. The van der Waals surface area contributed by atoms with Gasteiger partial charge in [0.25, 0.3) is 0 Å². The first kappa shape index (κ1) is 14.0. The molecular formula is C16H18O2. The van der Waals surface area contributed by atoms with Gasteiger partial charge in [-0.2, -0.15) is 0 Å². The number of carbonyl (C=O) groups excluding carboxylic acids is 1. The third-order valence-electron chi connectivity index (χ3n) is 2.49. The average molecular weight is 242 g/mol. The molecule has 0 N–H and O–H groups in total. The molecule has 0 aliphatic rings. The molecule has 0 unspecified atom stereocenters. The van der Waals surface area contributed by atoms with Crippen molar-refractivity contribution in [3.05, 3.63) is 65.8 Å². The van der Waals surface area contributed by atoms with Crippen LogP contribution in [0.3, 0.4) is 0 Å². The number of allylic oxidation sites excluding steroid dienone is 5. The first-order valence-corrected chi connectivity index (χ1v) is 5.74. The summed E-state index contributed by atoms with van der Waals surface area (Å²) in [6.45, 7) is 7.77. The quantitative estimate of drug-likeness (QED) is 0.589. The number of hydrogen-bond donors (Lipinski definition) is 0. The lowest BCUT2D eigenvalue weighted by Gasteiger charge is -2.02. The standard InChI is InChI=1S/C16H18O2/c1-12(2)6-5-7-13(3)14-8-10-15(11-9-14)16(17)18-4/h5-11H,1H2,2-4H3/b6-5-,13-7+. The fourth-order valence-corrected chi connectivity index (χ4v) is 1.44. The molecule has 0 saturated heterocycles. The molecule has 0 bridgehead atoms. The van der Waals surface area contributed by atoms with Gasteiger partial charge in [0.2, 0.25) is 0 Å². The highest BCUT2D eigenvalue weighted by atomic mass is 16.5. The van der Waals surface area contributed by atoms with E-state index in [1.165, 1.54) is 7.11 Å². The number of carbonyl (C=O) groups is 1. The van der Waals surface area contributed by atoms with E-state index >= 15 is 0 Å². The Balaban J connectivity index is 2.85. The number of esters is 1. The predicted octanol–water partition coefficient (Wildman–Crippen LogP) is 4.01. The van der Waals surface area contributed by atoms with Gasteiger partial charge in [-0.3, -0.25) is 0 Å². The largest absolute Gasteiger partial charge is 0.465 e. The summed E-state index contributed by atoms with van der Waals surface area (Å²) in [5.74, 6) is -0.314. The number of benzene rings is 1. The van der Waals surface area contributed by atoms with Crippen LogP contribution in [-0.2, 0) is 4.74 Å². The molecule has 0 heterocycles. The molecule has 0 aliphatic heterocycles. The maximum Gasteiger partial charge on any atom is 0.337 e. The Kier molecular flexibility index (Phi) is 5.12. The first-order valence-electron chi connectivity index (χ1n) is 5.74. The average Bonchev–Trinajstić information content (AvgIpc) is 2.37. The van der Waals surface area contributed by atoms with Gasteiger partial charge in [-0.15, -0.1) is 0 Å². The van der Waals surface area contributed by atoms with Crippen molar-refractivity contribution < 1.29 is 9.53 Å². The van der Waals surface area contributed by atoms with Crippen molar-refractivity contribution in [3.63, 3.8) is 0 Å². The molecule has 0 fully saturated rings. The van der Waals surface area contributed by atoms with Crippen molar-refractivity contribution >= 4 is 11.5 Å². The minimum atomic E-state index is -0.314. The highest BCUT2D eigenvalue weighted by molar-refractivity contribution is 5.89. The molecule has 1 rings (SSSR count). The first-order chi connectivity index (χ1) is 8.54. The van der Waals surface area contributed by atoms with E-state index in [1.807, 2.05) is 44.2 Å². The summed E-state index contributed by atoms with van der Waals surface area (Å²) in [6.07, 6.45) is 5.93. The van der Waals surface area contributed by atoms with Crippen LogP contribution in [-0.4, -0.2) is 13.1 Å². The van der Waals surface area contributed by atoms with Crippen molar-refractivity contribution in [2.75, 3.05) is 7.11 Å². The van der Waals surface area contributed by atoms with Gasteiger partial charge in [0.15, 0.2) is 0 Å². The lowest BCUT2D eigenvalue weighted by molar-refractivity contribution is 0.0600. The van der Waals surface area contributed by atoms with E-state index in [0.717, 1.165) is 16.7 Å². The fourth-order valence-electron chi connectivity index (χ4n) is 1.44. The predicted molar refractivity (Wildman–Crippen MR) is 75.4 cm³/mol. The Labute approximate surface area is 108 Å². The zero-order valence-corrected chi connectivity index (χ0v) is 11.1. The van der Waals surface area contributed by atoms with Gasteiger partial charge >= 0.3 is 5.97 Å². The molecule has 94 valence electrons. The van der Waals surface area contributed by atoms with Crippen molar-refractivity contribution in [3.8, 4) is 0 Å². The maximum absolute atomic E-state index is 11.3. The van der Waals surface area contributed by atoms with Crippen LogP contribution in [0.4, 0.5) is 0 Å². The number of rotatable bonds is 4. The second kappa shape index (κ2) is 6.60. The summed E-state index contributed by atoms with van der Waals surface area (Å²) < 4.78 is 4.65.